The Bertz CT molecular complexity index is 327. The first-order chi connectivity index (χ1) is 10.9. The molecule has 0 bridgehead atoms. The maximum absolute atomic E-state index is 12.1. The maximum atomic E-state index is 12.1. The molecule has 0 saturated carbocycles. The smallest absolute Gasteiger partial charge is 0.328 e. The number of hydrogen-bond donors (Lipinski definition) is 1. The van der Waals surface area contributed by atoms with Gasteiger partial charge in [0.2, 0.25) is 5.91 Å². The Morgan fingerprint density at radius 3 is 2.00 bits per heavy atom. The van der Waals surface area contributed by atoms with Crippen molar-refractivity contribution in [3.63, 3.8) is 0 Å². The van der Waals surface area contributed by atoms with Gasteiger partial charge in [-0.05, 0) is 32.6 Å². The van der Waals surface area contributed by atoms with E-state index >= 15 is 0 Å². The second kappa shape index (κ2) is 13.4. The summed E-state index contributed by atoms with van der Waals surface area (Å²) in [4.78, 5) is 24.1. The number of amides is 1. The largest absolute Gasteiger partial charge is 0.461 e. The lowest BCUT2D eigenvalue weighted by molar-refractivity contribution is -0.152. The number of carbonyl (C=O) groups is 2. The van der Waals surface area contributed by atoms with Gasteiger partial charge in [0.15, 0.2) is 0 Å². The first-order valence-corrected chi connectivity index (χ1v) is 9.36. The average molecular weight is 328 g/mol. The SMILES string of the molecule is CCCCCCCCCC(=O)N[C@@H](CC(C)C)C(=O)OC(C)C. The molecule has 0 aliphatic carbocycles. The summed E-state index contributed by atoms with van der Waals surface area (Å²) < 4.78 is 5.24. The normalized spacial score (nSPS) is 12.5. The van der Waals surface area contributed by atoms with Crippen LogP contribution in [0.2, 0.25) is 0 Å². The van der Waals surface area contributed by atoms with Gasteiger partial charge >= 0.3 is 5.97 Å². The molecule has 0 aliphatic rings. The van der Waals surface area contributed by atoms with Crippen molar-refractivity contribution in [3.8, 4) is 0 Å². The van der Waals surface area contributed by atoms with Crippen LogP contribution in [0, 0.1) is 5.92 Å². The van der Waals surface area contributed by atoms with Crippen LogP contribution in [0.3, 0.4) is 0 Å². The quantitative estimate of drug-likeness (QED) is 0.397. The van der Waals surface area contributed by atoms with E-state index in [-0.39, 0.29) is 18.0 Å². The molecule has 0 aromatic carbocycles. The lowest BCUT2D eigenvalue weighted by atomic mass is 10.0. The Labute approximate surface area is 142 Å². The molecule has 0 saturated heterocycles. The summed E-state index contributed by atoms with van der Waals surface area (Å²) >= 11 is 0. The number of esters is 1. The zero-order valence-corrected chi connectivity index (χ0v) is 15.8. The van der Waals surface area contributed by atoms with Crippen LogP contribution < -0.4 is 5.32 Å². The number of hydrogen-bond acceptors (Lipinski definition) is 3. The van der Waals surface area contributed by atoms with Crippen LogP contribution in [0.15, 0.2) is 0 Å². The molecule has 1 amide bonds. The molecule has 4 nitrogen and oxygen atoms in total. The van der Waals surface area contributed by atoms with Gasteiger partial charge in [0.25, 0.3) is 0 Å². The number of unbranched alkanes of at least 4 members (excludes halogenated alkanes) is 6. The van der Waals surface area contributed by atoms with Crippen LogP contribution >= 0.6 is 0 Å². The molecule has 0 aromatic heterocycles. The van der Waals surface area contributed by atoms with Gasteiger partial charge < -0.3 is 10.1 Å². The van der Waals surface area contributed by atoms with Crippen LogP contribution in [0.25, 0.3) is 0 Å². The molecule has 23 heavy (non-hydrogen) atoms. The van der Waals surface area contributed by atoms with Gasteiger partial charge in [0, 0.05) is 6.42 Å². The molecule has 0 radical (unpaired) electrons. The van der Waals surface area contributed by atoms with E-state index in [0.717, 1.165) is 12.8 Å². The average Bonchev–Trinajstić information content (AvgIpc) is 2.44. The van der Waals surface area contributed by atoms with Crippen LogP contribution in [0.5, 0.6) is 0 Å². The number of rotatable bonds is 13. The van der Waals surface area contributed by atoms with Gasteiger partial charge in [0.05, 0.1) is 6.10 Å². The molecule has 0 rings (SSSR count). The summed E-state index contributed by atoms with van der Waals surface area (Å²) in [6.07, 6.45) is 9.24. The van der Waals surface area contributed by atoms with Crippen molar-refractivity contribution >= 4 is 11.9 Å². The molecular weight excluding hydrogens is 290 g/mol. The predicted molar refractivity (Wildman–Crippen MR) is 95.2 cm³/mol. The molecule has 0 fully saturated rings. The van der Waals surface area contributed by atoms with E-state index in [1.807, 2.05) is 27.7 Å². The Morgan fingerprint density at radius 2 is 1.48 bits per heavy atom. The Kier molecular flexibility index (Phi) is 12.8. The highest BCUT2D eigenvalue weighted by atomic mass is 16.5. The maximum Gasteiger partial charge on any atom is 0.328 e. The van der Waals surface area contributed by atoms with Crippen LogP contribution in [-0.4, -0.2) is 24.0 Å². The summed E-state index contributed by atoms with van der Waals surface area (Å²) in [5.74, 6) is -0.0230. The van der Waals surface area contributed by atoms with Crippen molar-refractivity contribution < 1.29 is 14.3 Å². The molecule has 1 atom stereocenters. The van der Waals surface area contributed by atoms with E-state index in [0.29, 0.717) is 18.8 Å². The van der Waals surface area contributed by atoms with Crippen molar-refractivity contribution in [2.45, 2.75) is 105 Å². The molecule has 0 unspecified atom stereocenters. The molecular formula is C19H37NO3. The fourth-order valence-electron chi connectivity index (χ4n) is 2.51. The van der Waals surface area contributed by atoms with E-state index < -0.39 is 6.04 Å². The van der Waals surface area contributed by atoms with Crippen LogP contribution in [0.4, 0.5) is 0 Å². The van der Waals surface area contributed by atoms with Crippen LogP contribution in [0.1, 0.15) is 92.4 Å². The van der Waals surface area contributed by atoms with Gasteiger partial charge in [-0.25, -0.2) is 4.79 Å². The highest BCUT2D eigenvalue weighted by Gasteiger charge is 2.23. The Hall–Kier alpha value is -1.06. The number of ether oxygens (including phenoxy) is 1. The fourth-order valence-corrected chi connectivity index (χ4v) is 2.51. The summed E-state index contributed by atoms with van der Waals surface area (Å²) in [5, 5.41) is 2.85. The minimum Gasteiger partial charge on any atom is -0.461 e. The zero-order valence-electron chi connectivity index (χ0n) is 15.8. The summed E-state index contributed by atoms with van der Waals surface area (Å²) in [6, 6.07) is -0.519. The number of carbonyl (C=O) groups excluding carboxylic acids is 2. The lowest BCUT2D eigenvalue weighted by Gasteiger charge is -2.20. The molecule has 136 valence electrons. The molecule has 4 heteroatoms. The van der Waals surface area contributed by atoms with Gasteiger partial charge in [-0.1, -0.05) is 59.3 Å². The van der Waals surface area contributed by atoms with Crippen LogP contribution in [-0.2, 0) is 14.3 Å². The molecule has 0 heterocycles. The van der Waals surface area contributed by atoms with Gasteiger partial charge in [-0.2, -0.15) is 0 Å². The van der Waals surface area contributed by atoms with Gasteiger partial charge in [0.1, 0.15) is 6.04 Å². The van der Waals surface area contributed by atoms with E-state index in [2.05, 4.69) is 12.2 Å². The third kappa shape index (κ3) is 13.1. The van der Waals surface area contributed by atoms with E-state index in [1.54, 1.807) is 0 Å². The van der Waals surface area contributed by atoms with Gasteiger partial charge in [-0.3, -0.25) is 4.79 Å². The fraction of sp³-hybridized carbons (Fsp3) is 0.895. The molecule has 0 spiro atoms. The minimum atomic E-state index is -0.519. The third-order valence-electron chi connectivity index (χ3n) is 3.69. The van der Waals surface area contributed by atoms with Crippen molar-refractivity contribution in [3.05, 3.63) is 0 Å². The van der Waals surface area contributed by atoms with Crippen molar-refractivity contribution in [2.75, 3.05) is 0 Å². The molecule has 1 N–H and O–H groups in total. The van der Waals surface area contributed by atoms with Crippen molar-refractivity contribution in [1.82, 2.24) is 5.32 Å². The minimum absolute atomic E-state index is 0.0371. The van der Waals surface area contributed by atoms with Crippen molar-refractivity contribution in [1.29, 1.82) is 0 Å². The van der Waals surface area contributed by atoms with E-state index in [1.165, 1.54) is 32.1 Å². The summed E-state index contributed by atoms with van der Waals surface area (Å²) in [7, 11) is 0. The van der Waals surface area contributed by atoms with E-state index in [4.69, 9.17) is 4.74 Å². The molecule has 0 aliphatic heterocycles. The Balaban J connectivity index is 4.05. The lowest BCUT2D eigenvalue weighted by Crippen LogP contribution is -2.43. The first kappa shape index (κ1) is 21.9. The standard InChI is InChI=1S/C19H37NO3/c1-6-7-8-9-10-11-12-13-18(21)20-17(14-15(2)3)19(22)23-16(4)5/h15-17H,6-14H2,1-5H3,(H,20,21)/t17-/m0/s1. The topological polar surface area (TPSA) is 55.4 Å². The second-order valence-electron chi connectivity index (χ2n) is 7.11. The predicted octanol–water partition coefficient (Wildman–Crippen LogP) is 4.61. The number of nitrogens with one attached hydrogen (secondary N) is 1. The summed E-state index contributed by atoms with van der Waals surface area (Å²) in [6.45, 7) is 9.94. The van der Waals surface area contributed by atoms with E-state index in [9.17, 15) is 9.59 Å². The third-order valence-corrected chi connectivity index (χ3v) is 3.69. The van der Waals surface area contributed by atoms with Crippen molar-refractivity contribution in [2.24, 2.45) is 5.92 Å². The summed E-state index contributed by atoms with van der Waals surface area (Å²) in [5.41, 5.74) is 0. The highest BCUT2D eigenvalue weighted by Crippen LogP contribution is 2.10. The first-order valence-electron chi connectivity index (χ1n) is 9.36. The Morgan fingerprint density at radius 1 is 0.913 bits per heavy atom. The molecule has 0 aromatic rings. The monoisotopic (exact) mass is 327 g/mol. The second-order valence-corrected chi connectivity index (χ2v) is 7.11. The van der Waals surface area contributed by atoms with Gasteiger partial charge in [-0.15, -0.1) is 0 Å². The highest BCUT2D eigenvalue weighted by molar-refractivity contribution is 5.84. The zero-order chi connectivity index (χ0) is 17.7.